The summed E-state index contributed by atoms with van der Waals surface area (Å²) in [5.41, 5.74) is 2.23. The molecule has 2 rings (SSSR count). The third kappa shape index (κ3) is 4.71. The topological polar surface area (TPSA) is 23.5 Å². The molecule has 0 spiro atoms. The summed E-state index contributed by atoms with van der Waals surface area (Å²) in [6.07, 6.45) is 6.84. The fourth-order valence-corrected chi connectivity index (χ4v) is 3.85. The number of benzene rings is 1. The van der Waals surface area contributed by atoms with Crippen LogP contribution in [0.3, 0.4) is 0 Å². The summed E-state index contributed by atoms with van der Waals surface area (Å²) in [5, 5.41) is 11.2. The van der Waals surface area contributed by atoms with Gasteiger partial charge in [-0.3, -0.25) is 0 Å². The van der Waals surface area contributed by atoms with E-state index < -0.39 is 6.10 Å². The van der Waals surface area contributed by atoms with Gasteiger partial charge in [-0.25, -0.2) is 0 Å². The Morgan fingerprint density at radius 1 is 1.18 bits per heavy atom. The quantitative estimate of drug-likeness (QED) is 0.749. The molecule has 3 heteroatoms. The molecule has 0 aliphatic heterocycles. The van der Waals surface area contributed by atoms with E-state index in [1.165, 1.54) is 37.7 Å². The normalized spacial score (nSPS) is 17.9. The van der Waals surface area contributed by atoms with Gasteiger partial charge in [0.1, 0.15) is 0 Å². The van der Waals surface area contributed by atoms with Crippen molar-refractivity contribution in [2.75, 3.05) is 19.6 Å². The van der Waals surface area contributed by atoms with Crippen LogP contribution < -0.4 is 0 Å². The Hall–Kier alpha value is -0.570. The van der Waals surface area contributed by atoms with Gasteiger partial charge < -0.3 is 10.0 Å². The molecule has 0 aromatic heterocycles. The zero-order valence-electron chi connectivity index (χ0n) is 14.0. The number of hydrogen-bond acceptors (Lipinski definition) is 2. The highest BCUT2D eigenvalue weighted by Gasteiger charge is 2.19. The average molecular weight is 324 g/mol. The zero-order chi connectivity index (χ0) is 15.9. The molecule has 1 fully saturated rings. The Balaban J connectivity index is 1.98. The zero-order valence-corrected chi connectivity index (χ0v) is 14.8. The van der Waals surface area contributed by atoms with Gasteiger partial charge in [-0.05, 0) is 55.5 Å². The third-order valence-corrected chi connectivity index (χ3v) is 5.39. The minimum Gasteiger partial charge on any atom is -0.388 e. The van der Waals surface area contributed by atoms with Gasteiger partial charge in [-0.1, -0.05) is 56.8 Å². The van der Waals surface area contributed by atoms with Crippen LogP contribution >= 0.6 is 11.6 Å². The summed E-state index contributed by atoms with van der Waals surface area (Å²) in [4.78, 5) is 2.33. The first-order chi connectivity index (χ1) is 10.7. The fourth-order valence-electron chi connectivity index (χ4n) is 3.51. The summed E-state index contributed by atoms with van der Waals surface area (Å²) < 4.78 is 0. The van der Waals surface area contributed by atoms with E-state index in [1.54, 1.807) is 0 Å². The Bertz CT molecular complexity index is 453. The number of rotatable bonds is 7. The van der Waals surface area contributed by atoms with Gasteiger partial charge in [0.2, 0.25) is 0 Å². The van der Waals surface area contributed by atoms with Crippen LogP contribution in [0.15, 0.2) is 18.2 Å². The van der Waals surface area contributed by atoms with Gasteiger partial charge in [-0.15, -0.1) is 0 Å². The second kappa shape index (κ2) is 8.90. The molecule has 124 valence electrons. The van der Waals surface area contributed by atoms with Crippen molar-refractivity contribution in [2.45, 2.75) is 64.4 Å². The molecule has 1 N–H and O–H groups in total. The molecule has 1 aliphatic carbocycles. The Labute approximate surface area is 140 Å². The third-order valence-electron chi connectivity index (χ3n) is 5.07. The molecule has 22 heavy (non-hydrogen) atoms. The van der Waals surface area contributed by atoms with E-state index in [0.29, 0.717) is 5.92 Å². The summed E-state index contributed by atoms with van der Waals surface area (Å²) in [6, 6.07) is 6.20. The molecule has 0 saturated heterocycles. The fraction of sp³-hybridized carbons (Fsp3) is 0.684. The standard InChI is InChI=1S/C19H30ClNO/c1-3-21(4-2)13-12-19(22)16-10-11-17(18(20)14-16)15-8-6-5-7-9-15/h10-11,14-15,19,22H,3-9,12-13H2,1-2H3. The van der Waals surface area contributed by atoms with Crippen molar-refractivity contribution in [3.8, 4) is 0 Å². The van der Waals surface area contributed by atoms with Crippen molar-refractivity contribution < 1.29 is 5.11 Å². The summed E-state index contributed by atoms with van der Waals surface area (Å²) in [5.74, 6) is 0.614. The van der Waals surface area contributed by atoms with E-state index in [-0.39, 0.29) is 0 Å². The van der Waals surface area contributed by atoms with Crippen LogP contribution in [0.1, 0.15) is 75.5 Å². The molecule has 0 heterocycles. The molecule has 0 bridgehead atoms. The lowest BCUT2D eigenvalue weighted by Crippen LogP contribution is -2.25. The first kappa shape index (κ1) is 17.8. The molecule has 1 atom stereocenters. The Morgan fingerprint density at radius 3 is 2.45 bits per heavy atom. The molecule has 1 aromatic carbocycles. The lowest BCUT2D eigenvalue weighted by Gasteiger charge is -2.24. The van der Waals surface area contributed by atoms with Crippen molar-refractivity contribution in [3.63, 3.8) is 0 Å². The molecule has 2 nitrogen and oxygen atoms in total. The predicted octanol–water partition coefficient (Wildman–Crippen LogP) is 5.15. The maximum atomic E-state index is 10.4. The number of aliphatic hydroxyl groups excluding tert-OH is 1. The lowest BCUT2D eigenvalue weighted by atomic mass is 9.83. The molecular weight excluding hydrogens is 294 g/mol. The Kier molecular flexibility index (Phi) is 7.20. The molecule has 0 radical (unpaired) electrons. The second-order valence-corrected chi connectivity index (χ2v) is 6.85. The van der Waals surface area contributed by atoms with Crippen molar-refractivity contribution in [3.05, 3.63) is 34.3 Å². The molecule has 1 unspecified atom stereocenters. The summed E-state index contributed by atoms with van der Waals surface area (Å²) >= 11 is 6.50. The van der Waals surface area contributed by atoms with Gasteiger partial charge in [-0.2, -0.15) is 0 Å². The number of halogens is 1. The van der Waals surface area contributed by atoms with E-state index in [0.717, 1.165) is 36.6 Å². The first-order valence-electron chi connectivity index (χ1n) is 8.85. The SMILES string of the molecule is CCN(CC)CCC(O)c1ccc(C2CCCCC2)c(Cl)c1. The number of aliphatic hydroxyl groups is 1. The highest BCUT2D eigenvalue weighted by Crippen LogP contribution is 2.37. The van der Waals surface area contributed by atoms with Gasteiger partial charge >= 0.3 is 0 Å². The molecular formula is C19H30ClNO. The molecule has 0 amide bonds. The Morgan fingerprint density at radius 2 is 1.86 bits per heavy atom. The van der Waals surface area contributed by atoms with Gasteiger partial charge in [0.25, 0.3) is 0 Å². The van der Waals surface area contributed by atoms with Gasteiger partial charge in [0.15, 0.2) is 0 Å². The van der Waals surface area contributed by atoms with Crippen LogP contribution in [-0.2, 0) is 0 Å². The predicted molar refractivity (Wildman–Crippen MR) is 94.6 cm³/mol. The molecule has 1 aliphatic rings. The summed E-state index contributed by atoms with van der Waals surface area (Å²) in [7, 11) is 0. The highest BCUT2D eigenvalue weighted by molar-refractivity contribution is 6.31. The van der Waals surface area contributed by atoms with Crippen LogP contribution in [0.25, 0.3) is 0 Å². The minimum absolute atomic E-state index is 0.418. The monoisotopic (exact) mass is 323 g/mol. The van der Waals surface area contributed by atoms with E-state index in [1.807, 2.05) is 6.07 Å². The van der Waals surface area contributed by atoms with Crippen LogP contribution in [0.5, 0.6) is 0 Å². The number of nitrogens with zero attached hydrogens (tertiary/aromatic N) is 1. The second-order valence-electron chi connectivity index (χ2n) is 6.45. The largest absolute Gasteiger partial charge is 0.388 e. The molecule has 1 saturated carbocycles. The number of hydrogen-bond donors (Lipinski definition) is 1. The lowest BCUT2D eigenvalue weighted by molar-refractivity contribution is 0.145. The van der Waals surface area contributed by atoms with Crippen molar-refractivity contribution in [1.82, 2.24) is 4.90 Å². The van der Waals surface area contributed by atoms with Crippen LogP contribution in [0.4, 0.5) is 0 Å². The van der Waals surface area contributed by atoms with Gasteiger partial charge in [0, 0.05) is 11.6 Å². The van der Waals surface area contributed by atoms with E-state index in [2.05, 4.69) is 30.9 Å². The van der Waals surface area contributed by atoms with Crippen molar-refractivity contribution in [2.24, 2.45) is 0 Å². The van der Waals surface area contributed by atoms with E-state index >= 15 is 0 Å². The van der Waals surface area contributed by atoms with Crippen molar-refractivity contribution >= 4 is 11.6 Å². The maximum absolute atomic E-state index is 10.4. The average Bonchev–Trinajstić information content (AvgIpc) is 2.56. The van der Waals surface area contributed by atoms with E-state index in [9.17, 15) is 5.11 Å². The maximum Gasteiger partial charge on any atom is 0.0802 e. The smallest absolute Gasteiger partial charge is 0.0802 e. The van der Waals surface area contributed by atoms with Crippen LogP contribution in [-0.4, -0.2) is 29.6 Å². The van der Waals surface area contributed by atoms with E-state index in [4.69, 9.17) is 11.6 Å². The minimum atomic E-state index is -0.418. The van der Waals surface area contributed by atoms with Crippen LogP contribution in [0.2, 0.25) is 5.02 Å². The van der Waals surface area contributed by atoms with Crippen LogP contribution in [0, 0.1) is 0 Å². The molecule has 1 aromatic rings. The summed E-state index contributed by atoms with van der Waals surface area (Å²) in [6.45, 7) is 7.31. The van der Waals surface area contributed by atoms with Crippen molar-refractivity contribution in [1.29, 1.82) is 0 Å². The highest BCUT2D eigenvalue weighted by atomic mass is 35.5. The first-order valence-corrected chi connectivity index (χ1v) is 9.23. The van der Waals surface area contributed by atoms with Gasteiger partial charge in [0.05, 0.1) is 6.10 Å².